The first-order valence-electron chi connectivity index (χ1n) is 9.33. The fourth-order valence-electron chi connectivity index (χ4n) is 3.25. The van der Waals surface area contributed by atoms with Gasteiger partial charge in [0.2, 0.25) is 0 Å². The van der Waals surface area contributed by atoms with Crippen molar-refractivity contribution in [2.45, 2.75) is 23.7 Å². The summed E-state index contributed by atoms with van der Waals surface area (Å²) in [5, 5.41) is 0.435. The highest BCUT2D eigenvalue weighted by Gasteiger charge is 2.83. The van der Waals surface area contributed by atoms with Crippen LogP contribution in [0.3, 0.4) is 0 Å². The van der Waals surface area contributed by atoms with Crippen molar-refractivity contribution in [3.8, 4) is 0 Å². The van der Waals surface area contributed by atoms with Crippen molar-refractivity contribution in [3.63, 3.8) is 0 Å². The zero-order valence-corrected chi connectivity index (χ0v) is 20.8. The number of hydrogen-bond acceptors (Lipinski definition) is 0. The summed E-state index contributed by atoms with van der Waals surface area (Å²) in [6, 6.07) is 21.7. The van der Waals surface area contributed by atoms with Gasteiger partial charge < -0.3 is 12.4 Å². The first-order valence-corrected chi connectivity index (χ1v) is 13.0. The highest BCUT2D eigenvalue weighted by molar-refractivity contribution is 8.42. The summed E-state index contributed by atoms with van der Waals surface area (Å²) in [6.07, 6.45) is -6.86. The van der Waals surface area contributed by atoms with E-state index >= 15 is 8.78 Å². The lowest BCUT2D eigenvalue weighted by atomic mass is 10.1. The summed E-state index contributed by atoms with van der Waals surface area (Å²) in [5.74, 6) is -13.6. The Morgan fingerprint density at radius 2 is 0.771 bits per heavy atom. The maximum absolute atomic E-state index is 15.1. The van der Waals surface area contributed by atoms with Crippen LogP contribution < -0.4 is 28.3 Å². The molecule has 3 rings (SSSR count). The Morgan fingerprint density at radius 1 is 0.486 bits per heavy atom. The van der Waals surface area contributed by atoms with Crippen LogP contribution in [0.15, 0.2) is 91.0 Å². The Balaban J connectivity index is 0.00000306. The minimum atomic E-state index is -6.93. The van der Waals surface area contributed by atoms with E-state index in [2.05, 4.69) is 0 Å². The molecule has 13 heteroatoms. The van der Waals surface area contributed by atoms with Gasteiger partial charge in [-0.05, 0) is 36.4 Å². The molecule has 0 radical (unpaired) electrons. The molecule has 0 aliphatic heterocycles. The van der Waals surface area contributed by atoms with E-state index in [1.165, 1.54) is 72.8 Å². The van der Waals surface area contributed by atoms with Crippen molar-refractivity contribution in [1.82, 2.24) is 0 Å². The van der Waals surface area contributed by atoms with E-state index in [4.69, 9.17) is 0 Å². The zero-order valence-electron chi connectivity index (χ0n) is 17.3. The number of hydrogen-bond donors (Lipinski definition) is 0. The van der Waals surface area contributed by atoms with Crippen molar-refractivity contribution in [2.75, 3.05) is 0 Å². The van der Waals surface area contributed by atoms with Crippen LogP contribution in [0.5, 0.6) is 0 Å². The molecule has 192 valence electrons. The number of halogens is 11. The van der Waals surface area contributed by atoms with E-state index in [0.29, 0.717) is 0 Å². The molecule has 0 nitrogen and oxygen atoms in total. The Kier molecular flexibility index (Phi) is 10.1. The number of alkyl halides is 9. The van der Waals surface area contributed by atoms with Crippen molar-refractivity contribution < 1.29 is 51.9 Å². The molecule has 0 aliphatic rings. The van der Waals surface area contributed by atoms with Gasteiger partial charge in [0.15, 0.2) is 0 Å². The minimum absolute atomic E-state index is 0. The lowest BCUT2D eigenvalue weighted by molar-refractivity contribution is -0.381. The van der Waals surface area contributed by atoms with Gasteiger partial charge in [-0.3, -0.25) is 0 Å². The molecule has 1 atom stereocenters. The Hall–Kier alpha value is -1.53. The molecule has 0 fully saturated rings. The van der Waals surface area contributed by atoms with Gasteiger partial charge in [0.1, 0.15) is 31.1 Å². The predicted molar refractivity (Wildman–Crippen MR) is 122 cm³/mol. The van der Waals surface area contributed by atoms with Gasteiger partial charge in [-0.1, -0.05) is 54.6 Å². The normalized spacial score (nSPS) is 13.3. The molecule has 35 heavy (non-hydrogen) atoms. The van der Waals surface area contributed by atoms with Crippen LogP contribution >= 0.6 is 27.6 Å². The molecule has 0 aliphatic carbocycles. The molecule has 0 amide bonds. The maximum atomic E-state index is 15.1. The molecule has 3 aromatic carbocycles. The summed E-state index contributed by atoms with van der Waals surface area (Å²) in [7, 11) is -2.30. The monoisotopic (exact) mass is 584 g/mol. The Bertz CT molecular complexity index is 968. The van der Waals surface area contributed by atoms with Crippen LogP contribution in [0.25, 0.3) is 0 Å². The highest BCUT2D eigenvalue weighted by Crippen LogP contribution is 2.79. The third-order valence-electron chi connectivity index (χ3n) is 4.88. The highest BCUT2D eigenvalue weighted by atomic mass is 35.5. The van der Waals surface area contributed by atoms with Crippen LogP contribution in [0.4, 0.5) is 39.5 Å². The van der Waals surface area contributed by atoms with Gasteiger partial charge >= 0.3 is 23.7 Å². The third kappa shape index (κ3) is 5.58. The van der Waals surface area contributed by atoms with Crippen molar-refractivity contribution >= 4 is 43.5 Å². The predicted octanol–water partition coefficient (Wildman–Crippen LogP) is 4.43. The lowest BCUT2D eigenvalue weighted by Gasteiger charge is -2.36. The van der Waals surface area contributed by atoms with Gasteiger partial charge in [-0.15, -0.1) is 12.4 Å². The summed E-state index contributed by atoms with van der Waals surface area (Å²) in [5.41, 5.74) is -5.69. The molecule has 1 unspecified atom stereocenters. The van der Waals surface area contributed by atoms with Crippen LogP contribution in [0.1, 0.15) is 0 Å². The third-order valence-corrected chi connectivity index (χ3v) is 13.2. The first kappa shape index (κ1) is 31.5. The largest absolute Gasteiger partial charge is 1.00 e. The average molecular weight is 585 g/mol. The van der Waals surface area contributed by atoms with E-state index < -0.39 is 38.9 Å². The first-order chi connectivity index (χ1) is 15.3. The van der Waals surface area contributed by atoms with Gasteiger partial charge in [0.25, 0.3) is 0 Å². The Labute approximate surface area is 210 Å². The van der Waals surface area contributed by atoms with Gasteiger partial charge in [-0.25, -0.2) is 0 Å². The van der Waals surface area contributed by atoms with Crippen LogP contribution in [0.2, 0.25) is 0 Å². The van der Waals surface area contributed by atoms with Crippen molar-refractivity contribution in [2.24, 2.45) is 0 Å². The smallest absolute Gasteiger partial charge is 0.460 e. The second kappa shape index (κ2) is 11.2. The molecule has 0 aromatic heterocycles. The fraction of sp³-hybridized carbons (Fsp3) is 0.182. The molecular formula is C22H17Cl2F9P2. The number of benzene rings is 3. The van der Waals surface area contributed by atoms with E-state index in [1.54, 1.807) is 18.2 Å². The summed E-state index contributed by atoms with van der Waals surface area (Å²) in [6.45, 7) is -3.80. The molecule has 0 heterocycles. The molecular weight excluding hydrogens is 568 g/mol. The van der Waals surface area contributed by atoms with Gasteiger partial charge in [-0.2, -0.15) is 39.5 Å². The van der Waals surface area contributed by atoms with Gasteiger partial charge in [0.05, 0.1) is 0 Å². The summed E-state index contributed by atoms with van der Waals surface area (Å²) < 4.78 is 124. The molecule has 3 aromatic rings. The van der Waals surface area contributed by atoms with Crippen molar-refractivity contribution in [3.05, 3.63) is 91.0 Å². The van der Waals surface area contributed by atoms with Crippen LogP contribution in [0, 0.1) is 0 Å². The van der Waals surface area contributed by atoms with E-state index in [9.17, 15) is 30.7 Å². The van der Waals surface area contributed by atoms with Crippen molar-refractivity contribution in [1.29, 1.82) is 0 Å². The van der Waals surface area contributed by atoms with E-state index in [0.717, 1.165) is 0 Å². The lowest BCUT2D eigenvalue weighted by Crippen LogP contribution is -3.00. The molecule has 0 N–H and O–H groups in total. The quantitative estimate of drug-likeness (QED) is 0.285. The zero-order chi connectivity index (χ0) is 24.5. The van der Waals surface area contributed by atoms with Gasteiger partial charge in [0, 0.05) is 0 Å². The maximum Gasteiger partial charge on any atom is 0.460 e. The molecule has 0 bridgehead atoms. The average Bonchev–Trinajstić information content (AvgIpc) is 2.78. The second-order valence-electron chi connectivity index (χ2n) is 7.01. The summed E-state index contributed by atoms with van der Waals surface area (Å²) >= 11 is 0. The van der Waals surface area contributed by atoms with E-state index in [1.807, 2.05) is 0 Å². The SMILES string of the molecule is Cl.FC(F)(F)C(F)(F)C(F)(F)C(F)(F)P[P+](c1ccccc1)(c1ccccc1)c1ccccc1.[Cl-]. The minimum Gasteiger partial charge on any atom is -1.00 e. The second-order valence-corrected chi connectivity index (χ2v) is 13.4. The molecule has 0 spiro atoms. The molecule has 0 saturated carbocycles. The molecule has 0 saturated heterocycles. The van der Waals surface area contributed by atoms with E-state index in [-0.39, 0.29) is 40.7 Å². The Morgan fingerprint density at radius 3 is 1.03 bits per heavy atom. The summed E-state index contributed by atoms with van der Waals surface area (Å²) in [4.78, 5) is 0. The standard InChI is InChI=1S/C22H16F9P2.2ClH/c23-19(24,21(27,28)29)20(25,26)22(30,31)32-33(16-10-4-1-5-11-16,17-12-6-2-7-13-17)18-14-8-3-9-15-18;;/h1-15,32H;2*1H/q+1;;/p-1. The van der Waals surface area contributed by atoms with Crippen LogP contribution in [-0.2, 0) is 0 Å². The topological polar surface area (TPSA) is 0 Å². The number of rotatable bonds is 7. The fourth-order valence-corrected chi connectivity index (χ4v) is 11.3. The van der Waals surface area contributed by atoms with Crippen LogP contribution in [-0.4, -0.2) is 23.7 Å².